The number of likely N-dealkylation sites (N-methyl/N-ethyl adjacent to an activating group) is 1. The number of carbonyl (C=O) groups excluding carboxylic acids is 3. The van der Waals surface area contributed by atoms with E-state index in [0.717, 1.165) is 25.7 Å². The highest BCUT2D eigenvalue weighted by Crippen LogP contribution is 2.26. The van der Waals surface area contributed by atoms with Gasteiger partial charge >= 0.3 is 0 Å². The molecule has 2 aliphatic heterocycles. The van der Waals surface area contributed by atoms with E-state index in [1.807, 2.05) is 11.8 Å². The van der Waals surface area contributed by atoms with Gasteiger partial charge in [-0.15, -0.1) is 0 Å². The van der Waals surface area contributed by atoms with Crippen molar-refractivity contribution in [3.05, 3.63) is 0 Å². The van der Waals surface area contributed by atoms with Gasteiger partial charge < -0.3 is 9.80 Å². The smallest absolute Gasteiger partial charge is 0.245 e. The van der Waals surface area contributed by atoms with Crippen molar-refractivity contribution in [3.8, 4) is 0 Å². The number of fused-ring (bicyclic) bond motifs is 1. The molecule has 0 saturated carbocycles. The van der Waals surface area contributed by atoms with Gasteiger partial charge in [0.15, 0.2) is 0 Å². The second-order valence-electron chi connectivity index (χ2n) is 6.03. The first-order valence-corrected chi connectivity index (χ1v) is 8.09. The molecule has 0 aromatic rings. The average molecular weight is 310 g/mol. The number of piperazine rings is 1. The number of hydrogen-bond acceptors (Lipinski definition) is 4. The molecule has 3 amide bonds. The maximum Gasteiger partial charge on any atom is 0.245 e. The minimum Gasteiger partial charge on any atom is -0.337 e. The standard InChI is InChI=1S/C15H26N4O3/c1-4-6-8-17-9-13-18(11-20)16(3)10-14(21)19(13)12(7-5-2)15(17)22/h11-13H,4-10H2,1-3H3/t12-,13?/m0/s1. The lowest BCUT2D eigenvalue weighted by molar-refractivity contribution is -0.196. The summed E-state index contributed by atoms with van der Waals surface area (Å²) in [7, 11) is 1.73. The van der Waals surface area contributed by atoms with Gasteiger partial charge in [0.25, 0.3) is 0 Å². The van der Waals surface area contributed by atoms with Crippen LogP contribution in [0.4, 0.5) is 0 Å². The van der Waals surface area contributed by atoms with E-state index in [2.05, 4.69) is 6.92 Å². The van der Waals surface area contributed by atoms with E-state index >= 15 is 0 Å². The van der Waals surface area contributed by atoms with Gasteiger partial charge in [-0.05, 0) is 12.8 Å². The van der Waals surface area contributed by atoms with Gasteiger partial charge in [-0.2, -0.15) is 0 Å². The van der Waals surface area contributed by atoms with Gasteiger partial charge in [0.2, 0.25) is 18.2 Å². The highest BCUT2D eigenvalue weighted by molar-refractivity contribution is 5.90. The molecular formula is C15H26N4O3. The van der Waals surface area contributed by atoms with Crippen LogP contribution in [0.15, 0.2) is 0 Å². The number of hydrogen-bond donors (Lipinski definition) is 0. The van der Waals surface area contributed by atoms with Gasteiger partial charge in [0.1, 0.15) is 12.2 Å². The Balaban J connectivity index is 2.29. The molecule has 7 nitrogen and oxygen atoms in total. The SMILES string of the molecule is CCCCN1CC2N(C(=O)CN(C)N2C=O)[C@@H](CCC)C1=O. The summed E-state index contributed by atoms with van der Waals surface area (Å²) >= 11 is 0. The molecule has 0 aromatic carbocycles. The molecule has 0 radical (unpaired) electrons. The van der Waals surface area contributed by atoms with Crippen molar-refractivity contribution in [1.29, 1.82) is 0 Å². The van der Waals surface area contributed by atoms with E-state index in [1.54, 1.807) is 17.0 Å². The second kappa shape index (κ2) is 7.09. The lowest BCUT2D eigenvalue weighted by atomic mass is 10.0. The molecule has 0 N–H and O–H groups in total. The summed E-state index contributed by atoms with van der Waals surface area (Å²) < 4.78 is 0. The Morgan fingerprint density at radius 3 is 2.55 bits per heavy atom. The van der Waals surface area contributed by atoms with Crippen LogP contribution in [0.1, 0.15) is 39.5 Å². The third-order valence-electron chi connectivity index (χ3n) is 4.44. The highest BCUT2D eigenvalue weighted by atomic mass is 16.2. The van der Waals surface area contributed by atoms with Crippen LogP contribution in [0.25, 0.3) is 0 Å². The summed E-state index contributed by atoms with van der Waals surface area (Å²) in [5, 5.41) is 3.17. The van der Waals surface area contributed by atoms with Crippen LogP contribution in [0.2, 0.25) is 0 Å². The molecule has 0 spiro atoms. The molecule has 0 aromatic heterocycles. The number of carbonyl (C=O) groups is 3. The topological polar surface area (TPSA) is 64.2 Å². The van der Waals surface area contributed by atoms with E-state index in [9.17, 15) is 14.4 Å². The molecule has 0 aliphatic carbocycles. The molecule has 2 rings (SSSR count). The molecule has 2 heterocycles. The number of hydrazine groups is 1. The Morgan fingerprint density at radius 1 is 1.23 bits per heavy atom. The molecule has 7 heteroatoms. The van der Waals surface area contributed by atoms with Gasteiger partial charge in [-0.25, -0.2) is 5.01 Å². The highest BCUT2D eigenvalue weighted by Gasteiger charge is 2.48. The summed E-state index contributed by atoms with van der Waals surface area (Å²) in [5.41, 5.74) is 0. The molecule has 2 atom stereocenters. The van der Waals surface area contributed by atoms with Gasteiger partial charge in [0, 0.05) is 13.6 Å². The van der Waals surface area contributed by atoms with Crippen molar-refractivity contribution in [2.45, 2.75) is 51.7 Å². The minimum atomic E-state index is -0.441. The van der Waals surface area contributed by atoms with Crippen LogP contribution in [-0.4, -0.2) is 76.9 Å². The maximum atomic E-state index is 12.7. The van der Waals surface area contributed by atoms with Crippen molar-refractivity contribution in [2.24, 2.45) is 0 Å². The average Bonchev–Trinajstić information content (AvgIpc) is 2.48. The van der Waals surface area contributed by atoms with Gasteiger partial charge in [0.05, 0.1) is 13.1 Å². The molecule has 2 fully saturated rings. The molecule has 2 saturated heterocycles. The zero-order chi connectivity index (χ0) is 16.3. The van der Waals surface area contributed by atoms with Crippen LogP contribution in [0, 0.1) is 0 Å². The second-order valence-corrected chi connectivity index (χ2v) is 6.03. The van der Waals surface area contributed by atoms with Gasteiger partial charge in [-0.1, -0.05) is 26.7 Å². The Kier molecular flexibility index (Phi) is 5.39. The van der Waals surface area contributed by atoms with Crippen LogP contribution >= 0.6 is 0 Å². The lowest BCUT2D eigenvalue weighted by Gasteiger charge is -2.53. The summed E-state index contributed by atoms with van der Waals surface area (Å²) in [4.78, 5) is 40.0. The Bertz CT molecular complexity index is 443. The van der Waals surface area contributed by atoms with Crippen molar-refractivity contribution >= 4 is 18.2 Å². The van der Waals surface area contributed by atoms with Crippen molar-refractivity contribution in [2.75, 3.05) is 26.7 Å². The molecular weight excluding hydrogens is 284 g/mol. The summed E-state index contributed by atoms with van der Waals surface area (Å²) in [6, 6.07) is -0.441. The van der Waals surface area contributed by atoms with E-state index in [4.69, 9.17) is 0 Å². The Hall–Kier alpha value is -1.63. The van der Waals surface area contributed by atoms with Crippen molar-refractivity contribution < 1.29 is 14.4 Å². The number of nitrogens with zero attached hydrogens (tertiary/aromatic N) is 4. The van der Waals surface area contributed by atoms with Crippen LogP contribution in [0.3, 0.4) is 0 Å². The molecule has 22 heavy (non-hydrogen) atoms. The van der Waals surface area contributed by atoms with Crippen LogP contribution in [-0.2, 0) is 14.4 Å². The first-order valence-electron chi connectivity index (χ1n) is 8.09. The maximum absolute atomic E-state index is 12.7. The first-order chi connectivity index (χ1) is 10.5. The van der Waals surface area contributed by atoms with E-state index in [0.29, 0.717) is 19.5 Å². The van der Waals surface area contributed by atoms with Crippen molar-refractivity contribution in [3.63, 3.8) is 0 Å². The largest absolute Gasteiger partial charge is 0.337 e. The quantitative estimate of drug-likeness (QED) is 0.661. The number of amides is 3. The third-order valence-corrected chi connectivity index (χ3v) is 4.44. The fraction of sp³-hybridized carbons (Fsp3) is 0.800. The first kappa shape index (κ1) is 16.7. The van der Waals surface area contributed by atoms with E-state index in [-0.39, 0.29) is 24.5 Å². The van der Waals surface area contributed by atoms with Gasteiger partial charge in [-0.3, -0.25) is 19.4 Å². The predicted octanol–water partition coefficient (Wildman–Crippen LogP) is 0.271. The zero-order valence-electron chi connectivity index (χ0n) is 13.7. The molecule has 1 unspecified atom stereocenters. The fourth-order valence-corrected chi connectivity index (χ4v) is 3.29. The van der Waals surface area contributed by atoms with Crippen LogP contribution in [0.5, 0.6) is 0 Å². The Labute approximate surface area is 131 Å². The molecule has 2 aliphatic rings. The lowest BCUT2D eigenvalue weighted by Crippen LogP contribution is -2.74. The van der Waals surface area contributed by atoms with E-state index in [1.165, 1.54) is 5.01 Å². The summed E-state index contributed by atoms with van der Waals surface area (Å²) in [5.74, 6) is -0.0529. The summed E-state index contributed by atoms with van der Waals surface area (Å²) in [6.07, 6.45) is 3.77. The van der Waals surface area contributed by atoms with E-state index < -0.39 is 6.04 Å². The predicted molar refractivity (Wildman–Crippen MR) is 81.4 cm³/mol. The fourth-order valence-electron chi connectivity index (χ4n) is 3.29. The monoisotopic (exact) mass is 310 g/mol. The minimum absolute atomic E-state index is 0.0234. The summed E-state index contributed by atoms with van der Waals surface area (Å²) in [6.45, 7) is 5.31. The van der Waals surface area contributed by atoms with Crippen molar-refractivity contribution in [1.82, 2.24) is 19.8 Å². The molecule has 124 valence electrons. The Morgan fingerprint density at radius 2 is 1.95 bits per heavy atom. The number of unbranched alkanes of at least 4 members (excludes halogenated alkanes) is 1. The van der Waals surface area contributed by atoms with Crippen LogP contribution < -0.4 is 0 Å². The third kappa shape index (κ3) is 2.95. The number of rotatable bonds is 6. The normalized spacial score (nSPS) is 26.4. The molecule has 0 bridgehead atoms. The zero-order valence-corrected chi connectivity index (χ0v) is 13.7.